The van der Waals surface area contributed by atoms with Crippen LogP contribution < -0.4 is 11.1 Å². The third-order valence-electron chi connectivity index (χ3n) is 2.97. The molecule has 0 heterocycles. The molecule has 0 aliphatic rings. The van der Waals surface area contributed by atoms with Crippen LogP contribution in [0.2, 0.25) is 0 Å². The van der Waals surface area contributed by atoms with Gasteiger partial charge in [-0.2, -0.15) is 0 Å². The van der Waals surface area contributed by atoms with Gasteiger partial charge < -0.3 is 11.1 Å². The van der Waals surface area contributed by atoms with Gasteiger partial charge in [-0.05, 0) is 43.0 Å². The second kappa shape index (κ2) is 6.61. The zero-order valence-electron chi connectivity index (χ0n) is 11.3. The summed E-state index contributed by atoms with van der Waals surface area (Å²) in [5.74, 6) is -2.38. The molecule has 0 saturated carbocycles. The highest BCUT2D eigenvalue weighted by molar-refractivity contribution is 5.94. The van der Waals surface area contributed by atoms with E-state index in [1.54, 1.807) is 0 Å². The van der Waals surface area contributed by atoms with Gasteiger partial charge in [0.15, 0.2) is 11.6 Å². The van der Waals surface area contributed by atoms with E-state index in [-0.39, 0.29) is 11.0 Å². The van der Waals surface area contributed by atoms with Crippen LogP contribution in [0.1, 0.15) is 37.0 Å². The molecule has 0 aromatic heterocycles. The van der Waals surface area contributed by atoms with E-state index in [2.05, 4.69) is 5.32 Å². The standard InChI is InChI=1S/C14H20F2N2O/c1-14(2,6-3-7-17)9-18-13(19)10-4-5-11(15)12(16)8-10/h4-5,8H,3,6-7,9,17H2,1-2H3,(H,18,19). The van der Waals surface area contributed by atoms with E-state index in [4.69, 9.17) is 5.73 Å². The molecule has 19 heavy (non-hydrogen) atoms. The van der Waals surface area contributed by atoms with Crippen LogP contribution in [0.5, 0.6) is 0 Å². The Morgan fingerprint density at radius 2 is 2.00 bits per heavy atom. The van der Waals surface area contributed by atoms with Gasteiger partial charge in [-0.1, -0.05) is 13.8 Å². The first-order valence-corrected chi connectivity index (χ1v) is 6.29. The first-order valence-electron chi connectivity index (χ1n) is 6.29. The maximum atomic E-state index is 13.0. The second-order valence-electron chi connectivity index (χ2n) is 5.37. The van der Waals surface area contributed by atoms with Crippen molar-refractivity contribution in [2.75, 3.05) is 13.1 Å². The molecule has 1 aromatic rings. The Balaban J connectivity index is 2.57. The molecule has 5 heteroatoms. The smallest absolute Gasteiger partial charge is 0.251 e. The van der Waals surface area contributed by atoms with Crippen molar-refractivity contribution >= 4 is 5.91 Å². The van der Waals surface area contributed by atoms with E-state index in [9.17, 15) is 13.6 Å². The van der Waals surface area contributed by atoms with E-state index in [1.165, 1.54) is 6.07 Å². The molecular formula is C14H20F2N2O. The van der Waals surface area contributed by atoms with Crippen molar-refractivity contribution in [3.63, 3.8) is 0 Å². The Kier molecular flexibility index (Phi) is 5.42. The Morgan fingerprint density at radius 3 is 2.58 bits per heavy atom. The molecule has 0 atom stereocenters. The zero-order chi connectivity index (χ0) is 14.5. The van der Waals surface area contributed by atoms with Gasteiger partial charge in [0.2, 0.25) is 0 Å². The highest BCUT2D eigenvalue weighted by Crippen LogP contribution is 2.20. The number of nitrogens with two attached hydrogens (primary N) is 1. The highest BCUT2D eigenvalue weighted by atomic mass is 19.2. The van der Waals surface area contributed by atoms with Gasteiger partial charge in [0.05, 0.1) is 0 Å². The number of amides is 1. The summed E-state index contributed by atoms with van der Waals surface area (Å²) in [6, 6.07) is 3.11. The maximum Gasteiger partial charge on any atom is 0.251 e. The molecule has 0 saturated heterocycles. The number of halogens is 2. The highest BCUT2D eigenvalue weighted by Gasteiger charge is 2.19. The summed E-state index contributed by atoms with van der Waals surface area (Å²) in [5.41, 5.74) is 5.49. The average Bonchev–Trinajstić information content (AvgIpc) is 2.37. The van der Waals surface area contributed by atoms with Gasteiger partial charge in [-0.25, -0.2) is 8.78 Å². The lowest BCUT2D eigenvalue weighted by atomic mass is 9.87. The molecule has 0 spiro atoms. The SMILES string of the molecule is CC(C)(CCCN)CNC(=O)c1ccc(F)c(F)c1. The zero-order valence-corrected chi connectivity index (χ0v) is 11.3. The van der Waals surface area contributed by atoms with E-state index < -0.39 is 17.5 Å². The predicted octanol–water partition coefficient (Wildman–Crippen LogP) is 2.46. The minimum atomic E-state index is -1.02. The summed E-state index contributed by atoms with van der Waals surface area (Å²) in [4.78, 5) is 11.8. The minimum absolute atomic E-state index is 0.0758. The van der Waals surface area contributed by atoms with Gasteiger partial charge in [-0.15, -0.1) is 0 Å². The Hall–Kier alpha value is -1.49. The molecule has 0 fully saturated rings. The van der Waals surface area contributed by atoms with Crippen LogP contribution in [0.15, 0.2) is 18.2 Å². The number of benzene rings is 1. The lowest BCUT2D eigenvalue weighted by molar-refractivity contribution is 0.0934. The summed E-state index contributed by atoms with van der Waals surface area (Å²) < 4.78 is 25.8. The third kappa shape index (κ3) is 4.95. The van der Waals surface area contributed by atoms with Crippen molar-refractivity contribution in [1.29, 1.82) is 0 Å². The van der Waals surface area contributed by atoms with E-state index in [0.717, 1.165) is 25.0 Å². The number of rotatable bonds is 6. The van der Waals surface area contributed by atoms with Crippen molar-refractivity contribution < 1.29 is 13.6 Å². The van der Waals surface area contributed by atoms with Gasteiger partial charge >= 0.3 is 0 Å². The van der Waals surface area contributed by atoms with Crippen LogP contribution in [0.25, 0.3) is 0 Å². The number of carbonyl (C=O) groups excluding carboxylic acids is 1. The van der Waals surface area contributed by atoms with Gasteiger partial charge in [0.25, 0.3) is 5.91 Å². The molecule has 106 valence electrons. The van der Waals surface area contributed by atoms with E-state index in [0.29, 0.717) is 13.1 Å². The lowest BCUT2D eigenvalue weighted by Crippen LogP contribution is -2.34. The van der Waals surface area contributed by atoms with Crippen LogP contribution in [0, 0.1) is 17.0 Å². The molecule has 0 bridgehead atoms. The lowest BCUT2D eigenvalue weighted by Gasteiger charge is -2.24. The summed E-state index contributed by atoms with van der Waals surface area (Å²) in [6.07, 6.45) is 1.77. The minimum Gasteiger partial charge on any atom is -0.352 e. The molecule has 1 aromatic carbocycles. The number of hydrogen-bond acceptors (Lipinski definition) is 2. The second-order valence-corrected chi connectivity index (χ2v) is 5.37. The largest absolute Gasteiger partial charge is 0.352 e. The van der Waals surface area contributed by atoms with E-state index >= 15 is 0 Å². The topological polar surface area (TPSA) is 55.1 Å². The van der Waals surface area contributed by atoms with Gasteiger partial charge in [-0.3, -0.25) is 4.79 Å². The molecule has 0 aliphatic heterocycles. The summed E-state index contributed by atoms with van der Waals surface area (Å²) in [5, 5.41) is 2.73. The molecular weight excluding hydrogens is 250 g/mol. The summed E-state index contributed by atoms with van der Waals surface area (Å²) in [6.45, 7) is 5.12. The monoisotopic (exact) mass is 270 g/mol. The molecule has 1 rings (SSSR count). The van der Waals surface area contributed by atoms with Crippen molar-refractivity contribution in [3.05, 3.63) is 35.4 Å². The Labute approximate surface area is 112 Å². The number of carbonyl (C=O) groups is 1. The first kappa shape index (κ1) is 15.6. The molecule has 0 radical (unpaired) electrons. The fraction of sp³-hybridized carbons (Fsp3) is 0.500. The summed E-state index contributed by atoms with van der Waals surface area (Å²) in [7, 11) is 0. The number of hydrogen-bond donors (Lipinski definition) is 2. The van der Waals surface area contributed by atoms with Crippen molar-refractivity contribution in [1.82, 2.24) is 5.32 Å². The van der Waals surface area contributed by atoms with Crippen LogP contribution in [0.3, 0.4) is 0 Å². The molecule has 0 aliphatic carbocycles. The Morgan fingerprint density at radius 1 is 1.32 bits per heavy atom. The van der Waals surface area contributed by atoms with E-state index in [1.807, 2.05) is 13.8 Å². The fourth-order valence-electron chi connectivity index (χ4n) is 1.73. The molecule has 3 N–H and O–H groups in total. The maximum absolute atomic E-state index is 13.0. The van der Waals surface area contributed by atoms with Crippen molar-refractivity contribution in [3.8, 4) is 0 Å². The van der Waals surface area contributed by atoms with Gasteiger partial charge in [0, 0.05) is 12.1 Å². The van der Waals surface area contributed by atoms with Crippen LogP contribution >= 0.6 is 0 Å². The van der Waals surface area contributed by atoms with Crippen LogP contribution in [-0.4, -0.2) is 19.0 Å². The first-order chi connectivity index (χ1) is 8.85. The molecule has 3 nitrogen and oxygen atoms in total. The van der Waals surface area contributed by atoms with Crippen LogP contribution in [0.4, 0.5) is 8.78 Å². The predicted molar refractivity (Wildman–Crippen MR) is 70.8 cm³/mol. The Bertz CT molecular complexity index is 447. The average molecular weight is 270 g/mol. The van der Waals surface area contributed by atoms with Crippen LogP contribution in [-0.2, 0) is 0 Å². The number of nitrogens with one attached hydrogen (secondary N) is 1. The normalized spacial score (nSPS) is 11.4. The molecule has 0 unspecified atom stereocenters. The summed E-state index contributed by atoms with van der Waals surface area (Å²) >= 11 is 0. The van der Waals surface area contributed by atoms with Crippen molar-refractivity contribution in [2.24, 2.45) is 11.1 Å². The third-order valence-corrected chi connectivity index (χ3v) is 2.97. The van der Waals surface area contributed by atoms with Crippen molar-refractivity contribution in [2.45, 2.75) is 26.7 Å². The fourth-order valence-corrected chi connectivity index (χ4v) is 1.73. The quantitative estimate of drug-likeness (QED) is 0.834. The van der Waals surface area contributed by atoms with Gasteiger partial charge in [0.1, 0.15) is 0 Å². The molecule has 1 amide bonds.